The van der Waals surface area contributed by atoms with Crippen LogP contribution < -0.4 is 11.1 Å². The van der Waals surface area contributed by atoms with Gasteiger partial charge in [-0.3, -0.25) is 9.69 Å². The SMILES string of the molecule is CCC(C)N(CC)CC(=O)Nc1cccc(N)c1C. The summed E-state index contributed by atoms with van der Waals surface area (Å²) in [6, 6.07) is 5.98. The fourth-order valence-electron chi connectivity index (χ4n) is 2.00. The van der Waals surface area contributed by atoms with E-state index in [4.69, 9.17) is 5.73 Å². The molecule has 0 heterocycles. The third-order valence-electron chi connectivity index (χ3n) is 3.62. The largest absolute Gasteiger partial charge is 0.398 e. The van der Waals surface area contributed by atoms with Crippen molar-refractivity contribution in [3.8, 4) is 0 Å². The summed E-state index contributed by atoms with van der Waals surface area (Å²) in [6.07, 6.45) is 1.04. The Morgan fingerprint density at radius 2 is 2.11 bits per heavy atom. The maximum Gasteiger partial charge on any atom is 0.238 e. The van der Waals surface area contributed by atoms with Crippen molar-refractivity contribution in [1.29, 1.82) is 0 Å². The van der Waals surface area contributed by atoms with Crippen molar-refractivity contribution in [2.45, 2.75) is 40.2 Å². The van der Waals surface area contributed by atoms with Crippen LogP contribution in [0.25, 0.3) is 0 Å². The lowest BCUT2D eigenvalue weighted by molar-refractivity contribution is -0.117. The first-order valence-corrected chi connectivity index (χ1v) is 6.88. The van der Waals surface area contributed by atoms with Gasteiger partial charge in [-0.2, -0.15) is 0 Å². The second-order valence-corrected chi connectivity index (χ2v) is 4.89. The van der Waals surface area contributed by atoms with Crippen LogP contribution >= 0.6 is 0 Å². The summed E-state index contributed by atoms with van der Waals surface area (Å²) < 4.78 is 0. The predicted octanol–water partition coefficient (Wildman–Crippen LogP) is 2.64. The van der Waals surface area contributed by atoms with Gasteiger partial charge in [0.05, 0.1) is 6.54 Å². The van der Waals surface area contributed by atoms with Crippen molar-refractivity contribution < 1.29 is 4.79 Å². The van der Waals surface area contributed by atoms with Gasteiger partial charge in [0.1, 0.15) is 0 Å². The van der Waals surface area contributed by atoms with Gasteiger partial charge in [-0.15, -0.1) is 0 Å². The van der Waals surface area contributed by atoms with Crippen molar-refractivity contribution in [3.05, 3.63) is 23.8 Å². The molecule has 0 spiro atoms. The number of carbonyl (C=O) groups is 1. The normalized spacial score (nSPS) is 12.5. The van der Waals surface area contributed by atoms with E-state index < -0.39 is 0 Å². The molecule has 0 fully saturated rings. The maximum absolute atomic E-state index is 12.1. The van der Waals surface area contributed by atoms with Gasteiger partial charge in [0, 0.05) is 17.4 Å². The molecule has 1 unspecified atom stereocenters. The molecule has 19 heavy (non-hydrogen) atoms. The van der Waals surface area contributed by atoms with Crippen LogP contribution in [0.15, 0.2) is 18.2 Å². The first-order chi connectivity index (χ1) is 8.99. The first kappa shape index (κ1) is 15.5. The predicted molar refractivity (Wildman–Crippen MR) is 81.2 cm³/mol. The molecule has 0 aliphatic carbocycles. The number of hydrogen-bond acceptors (Lipinski definition) is 3. The lowest BCUT2D eigenvalue weighted by Gasteiger charge is -2.26. The van der Waals surface area contributed by atoms with Gasteiger partial charge in [-0.05, 0) is 44.5 Å². The van der Waals surface area contributed by atoms with Gasteiger partial charge < -0.3 is 11.1 Å². The van der Waals surface area contributed by atoms with Gasteiger partial charge in [0.25, 0.3) is 0 Å². The first-order valence-electron chi connectivity index (χ1n) is 6.88. The number of rotatable bonds is 6. The smallest absolute Gasteiger partial charge is 0.238 e. The van der Waals surface area contributed by atoms with E-state index >= 15 is 0 Å². The van der Waals surface area contributed by atoms with E-state index in [1.54, 1.807) is 0 Å². The van der Waals surface area contributed by atoms with Crippen LogP contribution in [0.3, 0.4) is 0 Å². The zero-order valence-corrected chi connectivity index (χ0v) is 12.4. The van der Waals surface area contributed by atoms with Gasteiger partial charge in [0.2, 0.25) is 5.91 Å². The van der Waals surface area contributed by atoms with Crippen LogP contribution in [-0.2, 0) is 4.79 Å². The van der Waals surface area contributed by atoms with Crippen LogP contribution in [0.5, 0.6) is 0 Å². The number of hydrogen-bond donors (Lipinski definition) is 2. The van der Waals surface area contributed by atoms with Gasteiger partial charge in [0.15, 0.2) is 0 Å². The van der Waals surface area contributed by atoms with Crippen LogP contribution in [0.1, 0.15) is 32.8 Å². The Hall–Kier alpha value is -1.55. The summed E-state index contributed by atoms with van der Waals surface area (Å²) in [6.45, 7) is 9.55. The average Bonchev–Trinajstić information content (AvgIpc) is 2.40. The molecule has 0 bridgehead atoms. The molecule has 106 valence electrons. The highest BCUT2D eigenvalue weighted by Gasteiger charge is 2.14. The molecule has 0 aromatic heterocycles. The fourth-order valence-corrected chi connectivity index (χ4v) is 2.00. The highest BCUT2D eigenvalue weighted by atomic mass is 16.2. The van der Waals surface area contributed by atoms with Crippen molar-refractivity contribution in [1.82, 2.24) is 4.90 Å². The number of carbonyl (C=O) groups excluding carboxylic acids is 1. The summed E-state index contributed by atoms with van der Waals surface area (Å²) >= 11 is 0. The van der Waals surface area contributed by atoms with E-state index in [-0.39, 0.29) is 5.91 Å². The molecule has 0 aliphatic rings. The number of likely N-dealkylation sites (N-methyl/N-ethyl adjacent to an activating group) is 1. The Bertz CT molecular complexity index is 431. The maximum atomic E-state index is 12.1. The standard InChI is InChI=1S/C15H25N3O/c1-5-11(3)18(6-2)10-15(19)17-14-9-7-8-13(16)12(14)4/h7-9,11H,5-6,10,16H2,1-4H3,(H,17,19). The number of amides is 1. The van der Waals surface area contributed by atoms with E-state index in [1.807, 2.05) is 25.1 Å². The van der Waals surface area contributed by atoms with Gasteiger partial charge >= 0.3 is 0 Å². The molecule has 0 aliphatic heterocycles. The number of nitrogens with two attached hydrogens (primary N) is 1. The average molecular weight is 263 g/mol. The van der Waals surface area contributed by atoms with E-state index in [0.29, 0.717) is 18.3 Å². The monoisotopic (exact) mass is 263 g/mol. The van der Waals surface area contributed by atoms with Gasteiger partial charge in [-0.25, -0.2) is 0 Å². The molecular formula is C15H25N3O. The van der Waals surface area contributed by atoms with Crippen LogP contribution in [-0.4, -0.2) is 29.9 Å². The zero-order chi connectivity index (χ0) is 14.4. The molecule has 1 atom stereocenters. The lowest BCUT2D eigenvalue weighted by atomic mass is 10.1. The second-order valence-electron chi connectivity index (χ2n) is 4.89. The molecular weight excluding hydrogens is 238 g/mol. The number of nitrogens with one attached hydrogen (secondary N) is 1. The van der Waals surface area contributed by atoms with Gasteiger partial charge in [-0.1, -0.05) is 19.9 Å². The summed E-state index contributed by atoms with van der Waals surface area (Å²) in [5, 5.41) is 2.93. The Balaban J connectivity index is 2.67. The lowest BCUT2D eigenvalue weighted by Crippen LogP contribution is -2.39. The molecule has 4 nitrogen and oxygen atoms in total. The zero-order valence-electron chi connectivity index (χ0n) is 12.4. The Labute approximate surface area is 116 Å². The molecule has 1 aromatic rings. The highest BCUT2D eigenvalue weighted by Crippen LogP contribution is 2.20. The highest BCUT2D eigenvalue weighted by molar-refractivity contribution is 5.93. The van der Waals surface area contributed by atoms with Crippen LogP contribution in [0.4, 0.5) is 11.4 Å². The molecule has 0 saturated carbocycles. The number of nitrogens with zero attached hydrogens (tertiary/aromatic N) is 1. The third-order valence-corrected chi connectivity index (χ3v) is 3.62. The van der Waals surface area contributed by atoms with E-state index in [2.05, 4.69) is 31.0 Å². The summed E-state index contributed by atoms with van der Waals surface area (Å²) in [5.41, 5.74) is 8.25. The molecule has 0 saturated heterocycles. The second kappa shape index (κ2) is 7.14. The van der Waals surface area contributed by atoms with Crippen molar-refractivity contribution in [3.63, 3.8) is 0 Å². The fraction of sp³-hybridized carbons (Fsp3) is 0.533. The van der Waals surface area contributed by atoms with E-state index in [0.717, 1.165) is 24.2 Å². The number of anilines is 2. The van der Waals surface area contributed by atoms with Crippen molar-refractivity contribution in [2.24, 2.45) is 0 Å². The number of nitrogen functional groups attached to an aromatic ring is 1. The molecule has 0 radical (unpaired) electrons. The Kier molecular flexibility index (Phi) is 5.83. The molecule has 1 rings (SSSR count). The molecule has 3 N–H and O–H groups in total. The van der Waals surface area contributed by atoms with Crippen LogP contribution in [0, 0.1) is 6.92 Å². The van der Waals surface area contributed by atoms with Crippen molar-refractivity contribution >= 4 is 17.3 Å². The Morgan fingerprint density at radius 1 is 1.42 bits per heavy atom. The number of benzene rings is 1. The van der Waals surface area contributed by atoms with E-state index in [1.165, 1.54) is 0 Å². The molecule has 1 aromatic carbocycles. The molecule has 4 heteroatoms. The minimum absolute atomic E-state index is 0.0100. The quantitative estimate of drug-likeness (QED) is 0.776. The third kappa shape index (κ3) is 4.24. The Morgan fingerprint density at radius 3 is 2.68 bits per heavy atom. The minimum atomic E-state index is 0.0100. The van der Waals surface area contributed by atoms with Crippen LogP contribution in [0.2, 0.25) is 0 Å². The summed E-state index contributed by atoms with van der Waals surface area (Å²) in [7, 11) is 0. The summed E-state index contributed by atoms with van der Waals surface area (Å²) in [5.74, 6) is 0.0100. The minimum Gasteiger partial charge on any atom is -0.398 e. The van der Waals surface area contributed by atoms with Crippen molar-refractivity contribution in [2.75, 3.05) is 24.1 Å². The topological polar surface area (TPSA) is 58.4 Å². The molecule has 1 amide bonds. The summed E-state index contributed by atoms with van der Waals surface area (Å²) in [4.78, 5) is 14.2. The van der Waals surface area contributed by atoms with E-state index in [9.17, 15) is 4.79 Å².